The van der Waals surface area contributed by atoms with Crippen molar-refractivity contribution >= 4 is 5.96 Å². The lowest BCUT2D eigenvalue weighted by atomic mass is 10.0. The van der Waals surface area contributed by atoms with E-state index in [9.17, 15) is 0 Å². The summed E-state index contributed by atoms with van der Waals surface area (Å²) in [4.78, 5) is 9.54. The van der Waals surface area contributed by atoms with Gasteiger partial charge in [0.1, 0.15) is 5.75 Å². The predicted molar refractivity (Wildman–Crippen MR) is 116 cm³/mol. The van der Waals surface area contributed by atoms with Gasteiger partial charge in [0.2, 0.25) is 0 Å². The Morgan fingerprint density at radius 3 is 2.50 bits per heavy atom. The molecule has 28 heavy (non-hydrogen) atoms. The Bertz CT molecular complexity index is 609. The van der Waals surface area contributed by atoms with E-state index in [0.717, 1.165) is 44.3 Å². The van der Waals surface area contributed by atoms with Gasteiger partial charge in [-0.15, -0.1) is 0 Å². The van der Waals surface area contributed by atoms with Gasteiger partial charge in [-0.25, -0.2) is 0 Å². The van der Waals surface area contributed by atoms with Crippen LogP contribution in [0.2, 0.25) is 0 Å². The van der Waals surface area contributed by atoms with Crippen molar-refractivity contribution in [1.29, 1.82) is 0 Å². The number of hydrogen-bond donors (Lipinski definition) is 2. The fourth-order valence-electron chi connectivity index (χ4n) is 4.36. The highest BCUT2D eigenvalue weighted by atomic mass is 16.5. The van der Waals surface area contributed by atoms with Gasteiger partial charge in [0, 0.05) is 25.7 Å². The fraction of sp³-hybridized carbons (Fsp3) is 0.682. The molecular weight excluding hydrogens is 350 g/mol. The second-order valence-electron chi connectivity index (χ2n) is 7.78. The maximum Gasteiger partial charge on any atom is 0.191 e. The molecule has 1 aromatic rings. The van der Waals surface area contributed by atoms with Crippen molar-refractivity contribution < 1.29 is 4.74 Å². The van der Waals surface area contributed by atoms with Gasteiger partial charge in [-0.05, 0) is 70.9 Å². The molecule has 0 amide bonds. The Labute approximate surface area is 170 Å². The van der Waals surface area contributed by atoms with Gasteiger partial charge in [-0.1, -0.05) is 18.2 Å². The number of aliphatic imine (C=N–C) groups is 1. The van der Waals surface area contributed by atoms with Crippen molar-refractivity contribution in [2.24, 2.45) is 4.99 Å². The summed E-state index contributed by atoms with van der Waals surface area (Å²) < 4.78 is 5.64. The van der Waals surface area contributed by atoms with Crippen LogP contribution in [-0.2, 0) is 0 Å². The third-order valence-corrected chi connectivity index (χ3v) is 5.91. The predicted octanol–water partition coefficient (Wildman–Crippen LogP) is 2.48. The topological polar surface area (TPSA) is 52.1 Å². The number of hydrogen-bond acceptors (Lipinski definition) is 4. The zero-order valence-electron chi connectivity index (χ0n) is 17.6. The average Bonchev–Trinajstić information content (AvgIpc) is 3.44. The van der Waals surface area contributed by atoms with Crippen LogP contribution in [0.5, 0.6) is 5.75 Å². The molecule has 2 aliphatic heterocycles. The molecule has 3 rings (SSSR count). The Morgan fingerprint density at radius 2 is 1.79 bits per heavy atom. The molecule has 1 unspecified atom stereocenters. The van der Waals surface area contributed by atoms with Crippen LogP contribution in [0.4, 0.5) is 0 Å². The molecular formula is C22H37N5O. The third kappa shape index (κ3) is 5.85. The molecule has 1 aromatic carbocycles. The van der Waals surface area contributed by atoms with Gasteiger partial charge in [-0.3, -0.25) is 9.89 Å². The first-order valence-electron chi connectivity index (χ1n) is 10.9. The number of nitrogens with zero attached hydrogens (tertiary/aromatic N) is 3. The highest BCUT2D eigenvalue weighted by Crippen LogP contribution is 2.31. The van der Waals surface area contributed by atoms with E-state index in [2.05, 4.69) is 43.6 Å². The van der Waals surface area contributed by atoms with E-state index in [1.807, 2.05) is 13.1 Å². The number of methoxy groups -OCH3 is 1. The molecule has 0 radical (unpaired) electrons. The molecule has 2 heterocycles. The van der Waals surface area contributed by atoms with Crippen molar-refractivity contribution in [3.8, 4) is 5.75 Å². The molecule has 156 valence electrons. The minimum absolute atomic E-state index is 0.293. The van der Waals surface area contributed by atoms with Crippen molar-refractivity contribution in [1.82, 2.24) is 20.4 Å². The van der Waals surface area contributed by atoms with Gasteiger partial charge in [0.05, 0.1) is 13.2 Å². The maximum absolute atomic E-state index is 5.64. The van der Waals surface area contributed by atoms with Gasteiger partial charge in [0.15, 0.2) is 5.96 Å². The monoisotopic (exact) mass is 387 g/mol. The molecule has 2 saturated heterocycles. The second-order valence-corrected chi connectivity index (χ2v) is 7.78. The van der Waals surface area contributed by atoms with Crippen LogP contribution in [0.15, 0.2) is 29.3 Å². The number of nitrogens with one attached hydrogen (secondary N) is 2. The lowest BCUT2D eigenvalue weighted by Crippen LogP contribution is -2.43. The number of ether oxygens (including phenoxy) is 1. The molecule has 6 nitrogen and oxygen atoms in total. The molecule has 0 spiro atoms. The Balaban J connectivity index is 1.52. The summed E-state index contributed by atoms with van der Waals surface area (Å²) in [6.07, 6.45) is 6.42. The van der Waals surface area contributed by atoms with Gasteiger partial charge in [-0.2, -0.15) is 0 Å². The van der Waals surface area contributed by atoms with E-state index >= 15 is 0 Å². The summed E-state index contributed by atoms with van der Waals surface area (Å²) in [6.45, 7) is 7.79. The quantitative estimate of drug-likeness (QED) is 0.387. The number of benzene rings is 1. The molecule has 0 bridgehead atoms. The van der Waals surface area contributed by atoms with Crippen LogP contribution in [0, 0.1) is 0 Å². The summed E-state index contributed by atoms with van der Waals surface area (Å²) in [5.41, 5.74) is 1.25. The van der Waals surface area contributed by atoms with Crippen molar-refractivity contribution in [3.05, 3.63) is 29.8 Å². The summed E-state index contributed by atoms with van der Waals surface area (Å²) in [5.74, 6) is 1.86. The third-order valence-electron chi connectivity index (χ3n) is 5.91. The number of rotatable bonds is 9. The van der Waals surface area contributed by atoms with Crippen LogP contribution >= 0.6 is 0 Å². The first-order valence-corrected chi connectivity index (χ1v) is 10.9. The van der Waals surface area contributed by atoms with Crippen LogP contribution in [-0.4, -0.2) is 75.7 Å². The van der Waals surface area contributed by atoms with Crippen LogP contribution in [0.1, 0.15) is 43.7 Å². The summed E-state index contributed by atoms with van der Waals surface area (Å²) in [5, 5.41) is 7.03. The van der Waals surface area contributed by atoms with Crippen LogP contribution < -0.4 is 15.4 Å². The summed E-state index contributed by atoms with van der Waals surface area (Å²) in [6, 6.07) is 8.69. The van der Waals surface area contributed by atoms with Gasteiger partial charge >= 0.3 is 0 Å². The fourth-order valence-corrected chi connectivity index (χ4v) is 4.36. The number of likely N-dealkylation sites (tertiary alicyclic amines) is 2. The standard InChI is InChI=1S/C22H37N5O/c1-23-22(24-12-9-15-26-13-5-6-14-26)25-18-20(27-16-7-8-17-27)19-10-3-4-11-21(19)28-2/h3-4,10-11,20H,5-9,12-18H2,1-2H3,(H2,23,24,25). The molecule has 0 saturated carbocycles. The van der Waals surface area contributed by atoms with E-state index in [0.29, 0.717) is 6.04 Å². The molecule has 2 fully saturated rings. The highest BCUT2D eigenvalue weighted by molar-refractivity contribution is 5.79. The van der Waals surface area contributed by atoms with E-state index in [1.165, 1.54) is 50.9 Å². The lowest BCUT2D eigenvalue weighted by Gasteiger charge is -2.30. The second kappa shape index (κ2) is 11.3. The summed E-state index contributed by atoms with van der Waals surface area (Å²) in [7, 11) is 3.61. The lowest BCUT2D eigenvalue weighted by molar-refractivity contribution is 0.239. The Morgan fingerprint density at radius 1 is 1.07 bits per heavy atom. The largest absolute Gasteiger partial charge is 0.496 e. The van der Waals surface area contributed by atoms with Crippen LogP contribution in [0.25, 0.3) is 0 Å². The Hall–Kier alpha value is -1.79. The highest BCUT2D eigenvalue weighted by Gasteiger charge is 2.26. The average molecular weight is 388 g/mol. The van der Waals surface area contributed by atoms with E-state index in [1.54, 1.807) is 7.11 Å². The molecule has 6 heteroatoms. The van der Waals surface area contributed by atoms with E-state index in [4.69, 9.17) is 4.74 Å². The van der Waals surface area contributed by atoms with Crippen molar-refractivity contribution in [2.75, 3.05) is 60.0 Å². The first-order chi connectivity index (χ1) is 13.8. The van der Waals surface area contributed by atoms with Crippen molar-refractivity contribution in [3.63, 3.8) is 0 Å². The number of para-hydroxylation sites is 1. The van der Waals surface area contributed by atoms with Crippen molar-refractivity contribution in [2.45, 2.75) is 38.1 Å². The zero-order valence-corrected chi connectivity index (χ0v) is 17.6. The molecule has 0 aromatic heterocycles. The maximum atomic E-state index is 5.64. The zero-order chi connectivity index (χ0) is 19.6. The molecule has 0 aliphatic carbocycles. The van der Waals surface area contributed by atoms with Gasteiger partial charge in [0.25, 0.3) is 0 Å². The molecule has 1 atom stereocenters. The minimum atomic E-state index is 0.293. The Kier molecular flexibility index (Phi) is 8.42. The normalized spacial score (nSPS) is 19.7. The number of guanidine groups is 1. The van der Waals surface area contributed by atoms with Gasteiger partial charge < -0.3 is 20.3 Å². The van der Waals surface area contributed by atoms with E-state index in [-0.39, 0.29) is 0 Å². The molecule has 2 aliphatic rings. The minimum Gasteiger partial charge on any atom is -0.496 e. The van der Waals surface area contributed by atoms with Crippen LogP contribution in [0.3, 0.4) is 0 Å². The summed E-state index contributed by atoms with van der Waals surface area (Å²) >= 11 is 0. The smallest absolute Gasteiger partial charge is 0.191 e. The SMILES string of the molecule is CN=C(NCCCN1CCCC1)NCC(c1ccccc1OC)N1CCCC1. The van der Waals surface area contributed by atoms with E-state index < -0.39 is 0 Å². The molecule has 2 N–H and O–H groups in total. The first kappa shape index (κ1) is 20.9.